The maximum absolute atomic E-state index is 8.70. The number of thiazole rings is 1. The molecule has 2 aromatic rings. The Morgan fingerprint density at radius 3 is 3.06 bits per heavy atom. The molecule has 5 nitrogen and oxygen atoms in total. The Bertz CT molecular complexity index is 542. The number of nitrogens with zero attached hydrogens (tertiary/aromatic N) is 3. The van der Waals surface area contributed by atoms with Crippen LogP contribution in [-0.4, -0.2) is 9.97 Å². The smallest absolute Gasteiger partial charge is 0.213 e. The highest BCUT2D eigenvalue weighted by Crippen LogP contribution is 2.26. The van der Waals surface area contributed by atoms with Crippen molar-refractivity contribution in [1.82, 2.24) is 9.97 Å². The van der Waals surface area contributed by atoms with Gasteiger partial charge < -0.3 is 9.73 Å². The lowest BCUT2D eigenvalue weighted by Crippen LogP contribution is -1.98. The molecule has 2 heterocycles. The van der Waals surface area contributed by atoms with Gasteiger partial charge in [-0.15, -0.1) is 0 Å². The van der Waals surface area contributed by atoms with Crippen LogP contribution in [0.3, 0.4) is 0 Å². The number of nitrogens with one attached hydrogen (secondary N) is 1. The maximum atomic E-state index is 8.70. The van der Waals surface area contributed by atoms with Crippen LogP contribution in [0.5, 0.6) is 0 Å². The third kappa shape index (κ3) is 2.32. The molecular formula is C9H7ClN4OS. The molecule has 0 unspecified atom stereocenters. The summed E-state index contributed by atoms with van der Waals surface area (Å²) in [6.45, 7) is 2.24. The van der Waals surface area contributed by atoms with E-state index in [1.807, 2.05) is 13.0 Å². The molecule has 0 amide bonds. The summed E-state index contributed by atoms with van der Waals surface area (Å²) in [5.74, 6) is 1.33. The summed E-state index contributed by atoms with van der Waals surface area (Å²) in [6, 6.07) is 1.96. The first kappa shape index (κ1) is 10.9. The van der Waals surface area contributed by atoms with E-state index in [0.29, 0.717) is 22.4 Å². The molecule has 0 radical (unpaired) electrons. The molecule has 0 aromatic carbocycles. The van der Waals surface area contributed by atoms with Crippen molar-refractivity contribution in [1.29, 1.82) is 5.26 Å². The van der Waals surface area contributed by atoms with Crippen LogP contribution in [0, 0.1) is 18.3 Å². The molecule has 1 N–H and O–H groups in total. The molecule has 0 saturated carbocycles. The number of halogens is 1. The van der Waals surface area contributed by atoms with E-state index >= 15 is 0 Å². The van der Waals surface area contributed by atoms with Crippen LogP contribution in [0.15, 0.2) is 10.6 Å². The number of anilines is 1. The van der Waals surface area contributed by atoms with Gasteiger partial charge in [-0.2, -0.15) is 5.26 Å². The molecule has 0 bridgehead atoms. The van der Waals surface area contributed by atoms with Gasteiger partial charge in [-0.25, -0.2) is 9.97 Å². The molecule has 2 aromatic heterocycles. The number of aromatic nitrogens is 2. The second-order valence-corrected chi connectivity index (χ2v) is 4.33. The first-order valence-corrected chi connectivity index (χ1v) is 5.60. The zero-order chi connectivity index (χ0) is 11.5. The van der Waals surface area contributed by atoms with Crippen molar-refractivity contribution in [3.8, 4) is 6.07 Å². The number of hydrogen-bond acceptors (Lipinski definition) is 6. The van der Waals surface area contributed by atoms with Crippen LogP contribution in [0.4, 0.5) is 5.13 Å². The third-order valence-corrected chi connectivity index (χ3v) is 3.05. The molecule has 0 aliphatic heterocycles. The molecule has 82 valence electrons. The van der Waals surface area contributed by atoms with Crippen molar-refractivity contribution in [2.24, 2.45) is 0 Å². The molecule has 0 atom stereocenters. The normalized spacial score (nSPS) is 10.1. The van der Waals surface area contributed by atoms with E-state index in [-0.39, 0.29) is 5.15 Å². The van der Waals surface area contributed by atoms with Crippen molar-refractivity contribution in [2.75, 3.05) is 5.32 Å². The van der Waals surface area contributed by atoms with Gasteiger partial charge in [-0.1, -0.05) is 22.9 Å². The number of oxazole rings is 1. The second kappa shape index (κ2) is 4.51. The zero-order valence-corrected chi connectivity index (χ0v) is 9.89. The predicted molar refractivity (Wildman–Crippen MR) is 60.4 cm³/mol. The van der Waals surface area contributed by atoms with Crippen molar-refractivity contribution in [3.63, 3.8) is 0 Å². The van der Waals surface area contributed by atoms with Gasteiger partial charge in [0.1, 0.15) is 16.7 Å². The lowest BCUT2D eigenvalue weighted by Gasteiger charge is -1.96. The molecular weight excluding hydrogens is 248 g/mol. The Kier molecular flexibility index (Phi) is 3.08. The van der Waals surface area contributed by atoms with Gasteiger partial charge >= 0.3 is 0 Å². The monoisotopic (exact) mass is 254 g/mol. The van der Waals surface area contributed by atoms with E-state index in [1.165, 1.54) is 11.3 Å². The van der Waals surface area contributed by atoms with Gasteiger partial charge in [0.15, 0.2) is 10.3 Å². The van der Waals surface area contributed by atoms with Gasteiger partial charge in [-0.05, 0) is 6.92 Å². The van der Waals surface area contributed by atoms with Crippen molar-refractivity contribution in [2.45, 2.75) is 13.5 Å². The minimum Gasteiger partial charge on any atom is -0.444 e. The van der Waals surface area contributed by atoms with Gasteiger partial charge in [0.25, 0.3) is 0 Å². The fraction of sp³-hybridized carbons (Fsp3) is 0.222. The molecule has 0 aliphatic carbocycles. The summed E-state index contributed by atoms with van der Waals surface area (Å²) < 4.78 is 5.27. The van der Waals surface area contributed by atoms with Gasteiger partial charge in [-0.3, -0.25) is 0 Å². The Hall–Kier alpha value is -1.58. The fourth-order valence-corrected chi connectivity index (χ4v) is 2.02. The van der Waals surface area contributed by atoms with Crippen molar-refractivity contribution >= 4 is 28.1 Å². The highest BCUT2D eigenvalue weighted by molar-refractivity contribution is 7.16. The van der Waals surface area contributed by atoms with Crippen LogP contribution in [0.1, 0.15) is 16.5 Å². The van der Waals surface area contributed by atoms with E-state index in [4.69, 9.17) is 21.3 Å². The van der Waals surface area contributed by atoms with E-state index in [0.717, 1.165) is 5.76 Å². The van der Waals surface area contributed by atoms with E-state index in [1.54, 1.807) is 6.20 Å². The van der Waals surface area contributed by atoms with E-state index in [2.05, 4.69) is 15.3 Å². The first-order chi connectivity index (χ1) is 7.69. The van der Waals surface area contributed by atoms with Gasteiger partial charge in [0.2, 0.25) is 5.89 Å². The third-order valence-electron chi connectivity index (χ3n) is 1.75. The number of hydrogen-bond donors (Lipinski definition) is 1. The minimum absolute atomic E-state index is 0.221. The molecule has 7 heteroatoms. The quantitative estimate of drug-likeness (QED) is 0.911. The minimum atomic E-state index is 0.221. The van der Waals surface area contributed by atoms with Gasteiger partial charge in [0.05, 0.1) is 12.7 Å². The second-order valence-electron chi connectivity index (χ2n) is 2.97. The molecule has 2 rings (SSSR count). The van der Waals surface area contributed by atoms with Crippen molar-refractivity contribution in [3.05, 3.63) is 27.9 Å². The summed E-state index contributed by atoms with van der Waals surface area (Å²) in [5.41, 5.74) is 0. The molecule has 0 fully saturated rings. The zero-order valence-electron chi connectivity index (χ0n) is 8.32. The molecule has 0 aliphatic rings. The highest BCUT2D eigenvalue weighted by Gasteiger charge is 2.09. The fourth-order valence-electron chi connectivity index (χ4n) is 1.08. The summed E-state index contributed by atoms with van der Waals surface area (Å²) >= 11 is 6.93. The van der Waals surface area contributed by atoms with Crippen molar-refractivity contribution < 1.29 is 4.42 Å². The van der Waals surface area contributed by atoms with Gasteiger partial charge in [0, 0.05) is 0 Å². The summed E-state index contributed by atoms with van der Waals surface area (Å²) in [7, 11) is 0. The van der Waals surface area contributed by atoms with Crippen LogP contribution in [0.2, 0.25) is 5.15 Å². The average molecular weight is 255 g/mol. The standard InChI is InChI=1S/C9H7ClN4OS/c1-5-3-12-7(15-5)4-13-9-14-8(10)6(2-11)16-9/h3H,4H2,1H3,(H,13,14). The van der Waals surface area contributed by atoms with Crippen LogP contribution in [-0.2, 0) is 6.54 Å². The maximum Gasteiger partial charge on any atom is 0.213 e. The number of aryl methyl sites for hydroxylation is 1. The predicted octanol–water partition coefficient (Wildman–Crippen LogP) is 2.58. The number of rotatable bonds is 3. The Labute approximate surface area is 101 Å². The largest absolute Gasteiger partial charge is 0.444 e. The number of nitriles is 1. The summed E-state index contributed by atoms with van der Waals surface area (Å²) in [5, 5.41) is 12.5. The van der Waals surface area contributed by atoms with Crippen LogP contribution >= 0.6 is 22.9 Å². The first-order valence-electron chi connectivity index (χ1n) is 4.40. The highest BCUT2D eigenvalue weighted by atomic mass is 35.5. The lowest BCUT2D eigenvalue weighted by molar-refractivity contribution is 0.479. The van der Waals surface area contributed by atoms with Crippen LogP contribution in [0.25, 0.3) is 0 Å². The Morgan fingerprint density at radius 1 is 1.69 bits per heavy atom. The Morgan fingerprint density at radius 2 is 2.50 bits per heavy atom. The van der Waals surface area contributed by atoms with Crippen LogP contribution < -0.4 is 5.32 Å². The average Bonchev–Trinajstić information content (AvgIpc) is 2.82. The molecule has 0 spiro atoms. The van der Waals surface area contributed by atoms with E-state index in [9.17, 15) is 0 Å². The summed E-state index contributed by atoms with van der Waals surface area (Å²) in [4.78, 5) is 8.41. The summed E-state index contributed by atoms with van der Waals surface area (Å²) in [6.07, 6.45) is 1.65. The van der Waals surface area contributed by atoms with E-state index < -0.39 is 0 Å². The molecule has 16 heavy (non-hydrogen) atoms. The lowest BCUT2D eigenvalue weighted by atomic mass is 10.6. The SMILES string of the molecule is Cc1cnc(CNc2nc(Cl)c(C#N)s2)o1. The molecule has 0 saturated heterocycles. The Balaban J connectivity index is 2.02. The topological polar surface area (TPSA) is 74.7 Å².